The summed E-state index contributed by atoms with van der Waals surface area (Å²) in [4.78, 5) is 170. The van der Waals surface area contributed by atoms with E-state index < -0.39 is 169 Å². The van der Waals surface area contributed by atoms with Crippen LogP contribution in [0.5, 0.6) is 5.75 Å². The Hall–Kier alpha value is -9.16. The van der Waals surface area contributed by atoms with E-state index in [0.29, 0.717) is 175 Å². The van der Waals surface area contributed by atoms with Gasteiger partial charge in [-0.25, -0.2) is 9.59 Å². The zero-order chi connectivity index (χ0) is 102. The highest BCUT2D eigenvalue weighted by Crippen LogP contribution is 2.36. The van der Waals surface area contributed by atoms with E-state index in [4.69, 9.17) is 86.3 Å². The van der Waals surface area contributed by atoms with Gasteiger partial charge in [0.2, 0.25) is 41.2 Å². The topological polar surface area (TPSA) is 530 Å². The minimum atomic E-state index is -1.88. The average Bonchev–Trinajstić information content (AvgIpc) is 1.82. The molecule has 3 aliphatic heterocycles. The van der Waals surface area contributed by atoms with E-state index in [1.807, 2.05) is 65.0 Å². The maximum atomic E-state index is 15.1. The van der Waals surface area contributed by atoms with Crippen molar-refractivity contribution in [1.82, 2.24) is 35.6 Å². The first-order valence-electron chi connectivity index (χ1n) is 48.1. The van der Waals surface area contributed by atoms with Crippen molar-refractivity contribution in [1.29, 1.82) is 0 Å². The van der Waals surface area contributed by atoms with Gasteiger partial charge in [0.05, 0.1) is 201 Å². The molecule has 786 valence electrons. The second kappa shape index (κ2) is 68.1. The molecule has 2 aromatic rings. The first-order valence-corrected chi connectivity index (χ1v) is 48.1. The molecule has 9 amide bonds. The Kier molecular flexibility index (Phi) is 58.9. The highest BCUT2D eigenvalue weighted by Gasteiger charge is 2.46. The second-order valence-corrected chi connectivity index (χ2v) is 34.8. The monoisotopic (exact) mass is 1970 g/mol. The minimum Gasteiger partial charge on any atom is -0.475 e. The van der Waals surface area contributed by atoms with E-state index in [0.717, 1.165) is 23.1 Å². The summed E-state index contributed by atoms with van der Waals surface area (Å²) in [6.45, 7) is 23.1. The summed E-state index contributed by atoms with van der Waals surface area (Å²) >= 11 is 0. The Morgan fingerprint density at radius 1 is 0.597 bits per heavy atom. The number of rotatable bonds is 77. The van der Waals surface area contributed by atoms with Crippen molar-refractivity contribution in [3.63, 3.8) is 0 Å². The molecular weight excluding hydrogens is 1820 g/mol. The van der Waals surface area contributed by atoms with Gasteiger partial charge in [-0.1, -0.05) is 98.2 Å². The molecule has 0 saturated carbocycles. The molecule has 0 radical (unpaired) electrons. The Labute approximate surface area is 816 Å². The second-order valence-electron chi connectivity index (χ2n) is 34.8. The molecule has 10 N–H and O–H groups in total. The van der Waals surface area contributed by atoms with Gasteiger partial charge in [0, 0.05) is 111 Å². The number of unbranched alkanes of at least 4 members (excludes halogenated alkanes) is 1. The number of ether oxygens (including phenoxy) is 17. The summed E-state index contributed by atoms with van der Waals surface area (Å²) in [5.74, 6) is -11.4. The molecule has 0 aliphatic carbocycles. The number of carboxylic acid groups (broad SMARTS) is 1. The fourth-order valence-corrected chi connectivity index (χ4v) is 16.0. The number of aliphatic carboxylic acids is 1. The lowest BCUT2D eigenvalue weighted by molar-refractivity contribution is -0.172. The third kappa shape index (κ3) is 43.3. The molecular formula is C97H155N9O33. The molecule has 0 unspecified atom stereocenters. The lowest BCUT2D eigenvalue weighted by atomic mass is 9.83. The first kappa shape index (κ1) is 120. The smallest absolute Gasteiger partial charge is 0.410 e. The summed E-state index contributed by atoms with van der Waals surface area (Å²) in [7, 11) is 7.64. The number of benzene rings is 2. The number of imide groups is 1. The number of methoxy groups -OCH3 is 3. The van der Waals surface area contributed by atoms with Crippen LogP contribution in [-0.4, -0.2) is 385 Å². The molecule has 15 atom stereocenters. The zero-order valence-electron chi connectivity index (χ0n) is 83.2. The lowest BCUT2D eigenvalue weighted by Gasteiger charge is -2.41. The number of amides is 9. The number of hydrogen-bond donors (Lipinski definition) is 9. The summed E-state index contributed by atoms with van der Waals surface area (Å²) in [6, 6.07) is 8.01. The van der Waals surface area contributed by atoms with E-state index in [9.17, 15) is 73.2 Å². The van der Waals surface area contributed by atoms with Crippen LogP contribution in [0.1, 0.15) is 143 Å². The number of carbonyl (C=O) groups is 12. The predicted octanol–water partition coefficient (Wildman–Crippen LogP) is 3.87. The van der Waals surface area contributed by atoms with Crippen LogP contribution in [0.2, 0.25) is 0 Å². The van der Waals surface area contributed by atoms with Crippen LogP contribution in [0.4, 0.5) is 10.5 Å². The van der Waals surface area contributed by atoms with Crippen LogP contribution >= 0.6 is 0 Å². The molecule has 3 aliphatic rings. The molecule has 139 heavy (non-hydrogen) atoms. The van der Waals surface area contributed by atoms with Crippen molar-refractivity contribution in [3.05, 3.63) is 83.6 Å². The number of aliphatic hydroxyl groups is 3. The number of carbonyl (C=O) groups excluding carboxylic acids is 11. The Balaban J connectivity index is 1.09. The maximum Gasteiger partial charge on any atom is 0.410 e. The van der Waals surface area contributed by atoms with Gasteiger partial charge in [-0.2, -0.15) is 0 Å². The van der Waals surface area contributed by atoms with Gasteiger partial charge < -0.3 is 143 Å². The quantitative estimate of drug-likeness (QED) is 0.0335. The number of nitrogens with two attached hydrogens (primary N) is 1. The van der Waals surface area contributed by atoms with Crippen molar-refractivity contribution in [2.45, 2.75) is 200 Å². The summed E-state index contributed by atoms with van der Waals surface area (Å²) < 4.78 is 94.7. The van der Waals surface area contributed by atoms with E-state index in [2.05, 4.69) is 21.3 Å². The van der Waals surface area contributed by atoms with Gasteiger partial charge in [-0.3, -0.25) is 52.8 Å². The van der Waals surface area contributed by atoms with E-state index in [-0.39, 0.29) is 118 Å². The van der Waals surface area contributed by atoms with Crippen molar-refractivity contribution < 1.29 is 158 Å². The number of carboxylic acids is 1. The number of anilines is 1. The zero-order valence-corrected chi connectivity index (χ0v) is 83.2. The molecule has 0 spiro atoms. The van der Waals surface area contributed by atoms with Crippen LogP contribution in [0.15, 0.2) is 72.5 Å². The number of nitrogens with zero attached hydrogens (tertiary/aromatic N) is 4. The predicted molar refractivity (Wildman–Crippen MR) is 505 cm³/mol. The SMILES string of the molecule is CC[C@H](C)[C@@H]([C@@H](CC(=O)N1CCC[C@H]1[C@H](OC)[C@@H](C)C(=O)C[C@H](C)[C@@H](O)c1ccccc1)OC)N(C)C(=O)[C@@H](CC(=O)[C@H](C(C)C)N(C)C(=O)OCc1ccc(O[C@@H]2OC(C(=O)O)=C[C@H](O)[C@H]2O)c(NC(=O)CCNC(=O)[C@H](CCCCNC(=O)CCOCCOCCOCCOCCOCCOCCOCCOCCOCCOCCOCCOC)NC(=O)[C@@H](CN)N2C(=O)C=CC2=O)c1)C(C)C. The van der Waals surface area contributed by atoms with Crippen molar-refractivity contribution in [2.75, 3.05) is 219 Å². The third-order valence-electron chi connectivity index (χ3n) is 23.9. The van der Waals surface area contributed by atoms with Gasteiger partial charge in [-0.05, 0) is 85.1 Å². The Morgan fingerprint density at radius 3 is 1.63 bits per heavy atom. The van der Waals surface area contributed by atoms with Crippen LogP contribution < -0.4 is 31.7 Å². The number of aliphatic hydroxyl groups excluding tert-OH is 3. The fraction of sp³-hybridized carbons (Fsp3) is 0.711. The largest absolute Gasteiger partial charge is 0.475 e. The van der Waals surface area contributed by atoms with Gasteiger partial charge in [0.1, 0.15) is 36.3 Å². The minimum absolute atomic E-state index is 0.0262. The van der Waals surface area contributed by atoms with Gasteiger partial charge >= 0.3 is 12.1 Å². The molecule has 2 aromatic carbocycles. The summed E-state index contributed by atoms with van der Waals surface area (Å²) in [5, 5.41) is 53.0. The molecule has 1 saturated heterocycles. The highest BCUT2D eigenvalue weighted by atomic mass is 16.7. The molecule has 5 rings (SSSR count). The normalized spacial score (nSPS) is 17.8. The number of nitrogens with one attached hydrogen (secondary N) is 4. The first-order chi connectivity index (χ1) is 66.7. The van der Waals surface area contributed by atoms with Crippen molar-refractivity contribution in [3.8, 4) is 5.75 Å². The average molecular weight is 1980 g/mol. The Morgan fingerprint density at radius 2 is 1.14 bits per heavy atom. The van der Waals surface area contributed by atoms with Crippen molar-refractivity contribution in [2.24, 2.45) is 41.2 Å². The summed E-state index contributed by atoms with van der Waals surface area (Å²) in [6.07, 6.45) is -4.58. The fourth-order valence-electron chi connectivity index (χ4n) is 16.0. The standard InChI is InChI=1S/C97H155N9O33/c1-14-66(6)88(80(124-12)61-86(114)105-33-20-24-74(105)91(125-13)68(8)76(107)57-67(7)89(115)70-21-16-15-17-22-70)103(9)94(119)71(64(2)3)59-77(108)87(65(4)5)104(10)97(122)137-63-69-25-26-79(138-96-90(116)78(109)60-81(139-96)95(120)121)73(58-69)101-83(111)29-32-100-92(117)72(102-93(118)75(62-98)106-84(112)27-28-85(106)113)23-18-19-31-99-82(110)30-34-126-37-38-128-41-42-130-45-46-132-49-50-134-53-54-136-56-55-135-52-51-133-48-47-131-44-43-129-40-39-127-36-35-123-11/h15-17,21-22,25-28,58,60,64-68,71-72,74-75,78,80,87-91,96,109,115-116H,14,18-20,23-24,29-57,59,61-63,98H2,1-13H3,(H,99,110)(H,100,117)(H,101,111)(H,102,118)(H,120,121)/t66-,67-,68-,71-,72-,74-,75+,78-,80+,87-,88-,89+,90+,91+,96+/m0/s1. The van der Waals surface area contributed by atoms with Gasteiger partial charge in [0.15, 0.2) is 11.9 Å². The number of likely N-dealkylation sites (tertiary alicyclic amines) is 1. The number of ketones is 2. The molecule has 0 bridgehead atoms. The third-order valence-corrected chi connectivity index (χ3v) is 23.9. The maximum absolute atomic E-state index is 15.1. The van der Waals surface area contributed by atoms with Crippen LogP contribution in [0.25, 0.3) is 0 Å². The number of hydrogen-bond acceptors (Lipinski definition) is 33. The van der Waals surface area contributed by atoms with Crippen LogP contribution in [0, 0.1) is 35.5 Å². The van der Waals surface area contributed by atoms with Gasteiger partial charge in [0.25, 0.3) is 18.1 Å². The van der Waals surface area contributed by atoms with Gasteiger partial charge in [-0.15, -0.1) is 0 Å². The van der Waals surface area contributed by atoms with Crippen molar-refractivity contribution >= 4 is 76.6 Å². The van der Waals surface area contributed by atoms with Crippen LogP contribution in [0.3, 0.4) is 0 Å². The summed E-state index contributed by atoms with van der Waals surface area (Å²) in [5.41, 5.74) is 6.64. The molecule has 0 aromatic heterocycles. The molecule has 3 heterocycles. The molecule has 42 nitrogen and oxygen atoms in total. The molecule has 42 heteroatoms. The number of likely N-dealkylation sites (N-methyl/N-ethyl adjacent to an activating group) is 2. The van der Waals surface area contributed by atoms with E-state index >= 15 is 4.79 Å². The number of Topliss-reactive ketones (excluding diaryl/α,β-unsaturated/α-hetero) is 2. The van der Waals surface area contributed by atoms with Crippen LogP contribution in [-0.2, 0) is 135 Å². The van der Waals surface area contributed by atoms with E-state index in [1.54, 1.807) is 44.7 Å². The highest BCUT2D eigenvalue weighted by molar-refractivity contribution is 6.15. The lowest BCUT2D eigenvalue weighted by Crippen LogP contribution is -2.57. The molecule has 1 fully saturated rings. The Bertz CT molecular complexity index is 4040. The van der Waals surface area contributed by atoms with E-state index in [1.165, 1.54) is 39.5 Å².